The second-order valence-corrected chi connectivity index (χ2v) is 9.35. The number of aliphatic hydroxyl groups is 1. The maximum absolute atomic E-state index is 11.4. The van der Waals surface area contributed by atoms with Crippen molar-refractivity contribution in [3.63, 3.8) is 0 Å². The van der Waals surface area contributed by atoms with Crippen molar-refractivity contribution in [2.45, 2.75) is 70.8 Å². The highest BCUT2D eigenvalue weighted by atomic mass is 16.6. The maximum Gasteiger partial charge on any atom is 0.118 e. The first kappa shape index (κ1) is 21.8. The lowest BCUT2D eigenvalue weighted by Crippen LogP contribution is -2.58. The van der Waals surface area contributed by atoms with Crippen LogP contribution in [0.15, 0.2) is 28.5 Å². The Hall–Kier alpha value is -1.92. The molecule has 0 bridgehead atoms. The molecule has 0 spiro atoms. The SMILES string of the molecule is CC(C)c1ccc2c(c1)/C(=N\O)C(O)C1[C@@](C)(/C=N/OCCCN)CCC[C@]21C. The number of rotatable bonds is 6. The van der Waals surface area contributed by atoms with Gasteiger partial charge in [0.2, 0.25) is 0 Å². The molecule has 29 heavy (non-hydrogen) atoms. The van der Waals surface area contributed by atoms with Crippen molar-refractivity contribution in [1.29, 1.82) is 0 Å². The summed E-state index contributed by atoms with van der Waals surface area (Å²) < 4.78 is 0. The van der Waals surface area contributed by atoms with Crippen LogP contribution in [0.25, 0.3) is 0 Å². The second kappa shape index (κ2) is 8.44. The summed E-state index contributed by atoms with van der Waals surface area (Å²) in [5.41, 5.74) is 8.43. The van der Waals surface area contributed by atoms with Gasteiger partial charge in [0.25, 0.3) is 0 Å². The van der Waals surface area contributed by atoms with Crippen molar-refractivity contribution in [2.75, 3.05) is 13.2 Å². The summed E-state index contributed by atoms with van der Waals surface area (Å²) in [5.74, 6) is 0.200. The molecule has 2 unspecified atom stereocenters. The number of benzene rings is 1. The van der Waals surface area contributed by atoms with Crippen molar-refractivity contribution in [1.82, 2.24) is 0 Å². The Morgan fingerprint density at radius 1 is 1.31 bits per heavy atom. The van der Waals surface area contributed by atoms with Crippen molar-refractivity contribution < 1.29 is 15.2 Å². The minimum atomic E-state index is -0.874. The van der Waals surface area contributed by atoms with E-state index in [1.165, 1.54) is 5.56 Å². The fourth-order valence-electron chi connectivity index (χ4n) is 5.45. The van der Waals surface area contributed by atoms with Crippen LogP contribution in [-0.4, -0.2) is 41.5 Å². The topological polar surface area (TPSA) is 100 Å². The predicted octanol–water partition coefficient (Wildman–Crippen LogP) is 3.78. The van der Waals surface area contributed by atoms with E-state index in [0.717, 1.165) is 36.8 Å². The van der Waals surface area contributed by atoms with Crippen LogP contribution in [0.5, 0.6) is 0 Å². The van der Waals surface area contributed by atoms with Gasteiger partial charge in [0.15, 0.2) is 0 Å². The minimum Gasteiger partial charge on any atom is -0.411 e. The molecule has 2 aliphatic rings. The van der Waals surface area contributed by atoms with Crippen LogP contribution in [0.1, 0.15) is 76.0 Å². The molecule has 1 fully saturated rings. The van der Waals surface area contributed by atoms with Crippen molar-refractivity contribution in [3.8, 4) is 0 Å². The fraction of sp³-hybridized carbons (Fsp3) is 0.652. The van der Waals surface area contributed by atoms with Crippen LogP contribution in [0.4, 0.5) is 0 Å². The van der Waals surface area contributed by atoms with E-state index in [9.17, 15) is 10.3 Å². The molecule has 0 radical (unpaired) electrons. The molecule has 0 heterocycles. The molecule has 0 aliphatic heterocycles. The van der Waals surface area contributed by atoms with E-state index >= 15 is 0 Å². The van der Waals surface area contributed by atoms with E-state index in [1.54, 1.807) is 0 Å². The minimum absolute atomic E-state index is 0.158. The number of hydrogen-bond donors (Lipinski definition) is 3. The lowest BCUT2D eigenvalue weighted by molar-refractivity contribution is 0.00567. The number of aliphatic hydroxyl groups excluding tert-OH is 1. The highest BCUT2D eigenvalue weighted by Gasteiger charge is 2.57. The summed E-state index contributed by atoms with van der Waals surface area (Å²) in [6, 6.07) is 6.40. The summed E-state index contributed by atoms with van der Waals surface area (Å²) in [4.78, 5) is 5.38. The molecular weight excluding hydrogens is 366 g/mol. The lowest BCUT2D eigenvalue weighted by Gasteiger charge is -2.55. The molecule has 2 aliphatic carbocycles. The average Bonchev–Trinajstić information content (AvgIpc) is 2.67. The average molecular weight is 402 g/mol. The van der Waals surface area contributed by atoms with Crippen LogP contribution in [0.2, 0.25) is 0 Å². The predicted molar refractivity (Wildman–Crippen MR) is 116 cm³/mol. The molecule has 6 nitrogen and oxygen atoms in total. The van der Waals surface area contributed by atoms with Gasteiger partial charge in [-0.2, -0.15) is 0 Å². The summed E-state index contributed by atoms with van der Waals surface area (Å²) in [7, 11) is 0. The third-order valence-corrected chi connectivity index (χ3v) is 6.98. The Kier molecular flexibility index (Phi) is 6.34. The molecular formula is C23H35N3O3. The normalized spacial score (nSPS) is 33.1. The standard InChI is InChI=1S/C23H35N3O3/c1-15(2)16-7-8-18-17(13-16)19(26-28)20(27)21-22(3,9-5-10-23(18,21)4)14-25-29-12-6-11-24/h7-8,13-15,20-21,27-28H,5-6,9-12,24H2,1-4H3/b25-14+,26-19+/t20?,21?,22-,23-/m1/s1. The van der Waals surface area contributed by atoms with E-state index in [-0.39, 0.29) is 16.7 Å². The zero-order valence-electron chi connectivity index (χ0n) is 18.1. The van der Waals surface area contributed by atoms with Gasteiger partial charge in [-0.3, -0.25) is 0 Å². The first-order chi connectivity index (χ1) is 13.8. The number of nitrogens with zero attached hydrogens (tertiary/aromatic N) is 2. The Labute approximate surface area is 173 Å². The molecule has 1 aromatic carbocycles. The van der Waals surface area contributed by atoms with Gasteiger partial charge in [0, 0.05) is 16.9 Å². The molecule has 4 atom stereocenters. The number of oxime groups is 2. The summed E-state index contributed by atoms with van der Waals surface area (Å²) in [6.07, 6.45) is 4.62. The van der Waals surface area contributed by atoms with Gasteiger partial charge in [-0.1, -0.05) is 56.6 Å². The molecule has 1 saturated carbocycles. The third kappa shape index (κ3) is 3.80. The van der Waals surface area contributed by atoms with Crippen molar-refractivity contribution >= 4 is 11.9 Å². The Morgan fingerprint density at radius 2 is 2.07 bits per heavy atom. The van der Waals surface area contributed by atoms with Gasteiger partial charge in [0.05, 0.1) is 6.21 Å². The van der Waals surface area contributed by atoms with Gasteiger partial charge in [0.1, 0.15) is 18.4 Å². The van der Waals surface area contributed by atoms with Gasteiger partial charge in [-0.05, 0) is 54.3 Å². The molecule has 160 valence electrons. The van der Waals surface area contributed by atoms with Crippen LogP contribution < -0.4 is 5.73 Å². The largest absolute Gasteiger partial charge is 0.411 e. The van der Waals surface area contributed by atoms with Gasteiger partial charge < -0.3 is 20.9 Å². The van der Waals surface area contributed by atoms with Crippen LogP contribution in [0.3, 0.4) is 0 Å². The summed E-state index contributed by atoms with van der Waals surface area (Å²) in [5, 5.41) is 29.0. The Morgan fingerprint density at radius 3 is 2.72 bits per heavy atom. The second-order valence-electron chi connectivity index (χ2n) is 9.35. The molecule has 4 N–H and O–H groups in total. The van der Waals surface area contributed by atoms with Gasteiger partial charge in [-0.25, -0.2) is 0 Å². The smallest absolute Gasteiger partial charge is 0.118 e. The third-order valence-electron chi connectivity index (χ3n) is 6.98. The van der Waals surface area contributed by atoms with Crippen LogP contribution >= 0.6 is 0 Å². The van der Waals surface area contributed by atoms with E-state index in [2.05, 4.69) is 56.2 Å². The van der Waals surface area contributed by atoms with Gasteiger partial charge in [-0.15, -0.1) is 0 Å². The summed E-state index contributed by atoms with van der Waals surface area (Å²) in [6.45, 7) is 9.68. The monoisotopic (exact) mass is 401 g/mol. The fourth-order valence-corrected chi connectivity index (χ4v) is 5.45. The molecule has 0 saturated heterocycles. The van der Waals surface area contributed by atoms with Crippen LogP contribution in [0, 0.1) is 11.3 Å². The first-order valence-corrected chi connectivity index (χ1v) is 10.7. The highest BCUT2D eigenvalue weighted by molar-refractivity contribution is 6.07. The zero-order chi connectivity index (χ0) is 21.2. The maximum atomic E-state index is 11.4. The zero-order valence-corrected chi connectivity index (χ0v) is 18.1. The number of fused-ring (bicyclic) bond motifs is 3. The van der Waals surface area contributed by atoms with Crippen molar-refractivity contribution in [3.05, 3.63) is 34.9 Å². The Balaban J connectivity index is 2.05. The molecule has 0 amide bonds. The highest BCUT2D eigenvalue weighted by Crippen LogP contribution is 2.56. The van der Waals surface area contributed by atoms with E-state index in [4.69, 9.17) is 10.6 Å². The molecule has 1 aromatic rings. The molecule has 3 rings (SSSR count). The molecule has 0 aromatic heterocycles. The number of nitrogens with two attached hydrogens (primary N) is 1. The van der Waals surface area contributed by atoms with E-state index in [1.807, 2.05) is 6.21 Å². The Bertz CT molecular complexity index is 792. The van der Waals surface area contributed by atoms with Crippen LogP contribution in [-0.2, 0) is 10.3 Å². The quantitative estimate of drug-likeness (QED) is 0.292. The number of hydrogen-bond acceptors (Lipinski definition) is 6. The summed E-state index contributed by atoms with van der Waals surface area (Å²) >= 11 is 0. The van der Waals surface area contributed by atoms with Crippen molar-refractivity contribution in [2.24, 2.45) is 27.4 Å². The lowest BCUT2D eigenvalue weighted by atomic mass is 9.49. The van der Waals surface area contributed by atoms with E-state index < -0.39 is 6.10 Å². The molecule has 6 heteroatoms. The van der Waals surface area contributed by atoms with E-state index in [0.29, 0.717) is 24.8 Å². The van der Waals surface area contributed by atoms with Gasteiger partial charge >= 0.3 is 0 Å². The first-order valence-electron chi connectivity index (χ1n) is 10.7.